The third-order valence-corrected chi connectivity index (χ3v) is 1.68. The fourth-order valence-electron chi connectivity index (χ4n) is 0.975. The number of nitrogens with one attached hydrogen (secondary N) is 1. The highest BCUT2D eigenvalue weighted by Crippen LogP contribution is 2.15. The van der Waals surface area contributed by atoms with Gasteiger partial charge in [-0.1, -0.05) is 6.07 Å². The summed E-state index contributed by atoms with van der Waals surface area (Å²) in [5, 5.41) is 11.8. The zero-order chi connectivity index (χ0) is 8.97. The molecule has 1 aromatic carbocycles. The van der Waals surface area contributed by atoms with Gasteiger partial charge in [-0.3, -0.25) is 0 Å². The van der Waals surface area contributed by atoms with Gasteiger partial charge in [-0.05, 0) is 37.7 Å². The molecule has 3 heteroatoms. The van der Waals surface area contributed by atoms with Crippen molar-refractivity contribution in [3.05, 3.63) is 29.6 Å². The van der Waals surface area contributed by atoms with Gasteiger partial charge in [-0.2, -0.15) is 0 Å². The highest BCUT2D eigenvalue weighted by atomic mass is 19.1. The van der Waals surface area contributed by atoms with E-state index in [1.807, 2.05) is 7.05 Å². The van der Waals surface area contributed by atoms with E-state index in [1.165, 1.54) is 12.1 Å². The summed E-state index contributed by atoms with van der Waals surface area (Å²) < 4.78 is 12.7. The molecule has 0 bridgehead atoms. The summed E-state index contributed by atoms with van der Waals surface area (Å²) in [6.07, 6.45) is 0.772. The van der Waals surface area contributed by atoms with Gasteiger partial charge >= 0.3 is 0 Å². The van der Waals surface area contributed by atoms with Gasteiger partial charge in [0.25, 0.3) is 0 Å². The lowest BCUT2D eigenvalue weighted by molar-refractivity contribution is 0.432. The molecule has 1 rings (SSSR count). The van der Waals surface area contributed by atoms with Crippen LogP contribution in [-0.2, 0) is 6.42 Å². The molecule has 0 fully saturated rings. The smallest absolute Gasteiger partial charge is 0.165 e. The lowest BCUT2D eigenvalue weighted by Crippen LogP contribution is -2.10. The molecule has 2 nitrogen and oxygen atoms in total. The number of phenolic OH excluding ortho intramolecular Hbond substituents is 1. The summed E-state index contributed by atoms with van der Waals surface area (Å²) in [6, 6.07) is 4.45. The largest absolute Gasteiger partial charge is 0.505 e. The topological polar surface area (TPSA) is 32.3 Å². The average molecular weight is 169 g/mol. The van der Waals surface area contributed by atoms with Gasteiger partial charge in [0.2, 0.25) is 0 Å². The molecule has 0 aliphatic rings. The lowest BCUT2D eigenvalue weighted by Gasteiger charge is -2.01. The van der Waals surface area contributed by atoms with E-state index in [0.29, 0.717) is 0 Å². The van der Waals surface area contributed by atoms with Crippen LogP contribution in [-0.4, -0.2) is 18.7 Å². The zero-order valence-corrected chi connectivity index (χ0v) is 6.97. The second kappa shape index (κ2) is 4.07. The monoisotopic (exact) mass is 169 g/mol. The molecule has 0 saturated heterocycles. The van der Waals surface area contributed by atoms with Crippen LogP contribution >= 0.6 is 0 Å². The van der Waals surface area contributed by atoms with Crippen LogP contribution < -0.4 is 5.32 Å². The Kier molecular flexibility index (Phi) is 3.05. The number of rotatable bonds is 3. The third-order valence-electron chi connectivity index (χ3n) is 1.68. The summed E-state index contributed by atoms with van der Waals surface area (Å²) in [5.41, 5.74) is 0.889. The molecule has 0 spiro atoms. The summed E-state index contributed by atoms with van der Waals surface area (Å²) in [6.45, 7) is 0.810. The molecular weight excluding hydrogens is 157 g/mol. The Bertz CT molecular complexity index is 263. The molecule has 0 heterocycles. The molecule has 0 unspecified atom stereocenters. The quantitative estimate of drug-likeness (QED) is 0.714. The maximum atomic E-state index is 12.7. The summed E-state index contributed by atoms with van der Waals surface area (Å²) in [7, 11) is 1.84. The van der Waals surface area contributed by atoms with Crippen LogP contribution in [0.3, 0.4) is 0 Å². The highest BCUT2D eigenvalue weighted by molar-refractivity contribution is 5.28. The number of benzene rings is 1. The first-order valence-electron chi connectivity index (χ1n) is 3.86. The van der Waals surface area contributed by atoms with Gasteiger partial charge < -0.3 is 10.4 Å². The van der Waals surface area contributed by atoms with Crippen LogP contribution in [0.2, 0.25) is 0 Å². The second-order valence-corrected chi connectivity index (χ2v) is 2.64. The van der Waals surface area contributed by atoms with Crippen molar-refractivity contribution >= 4 is 0 Å². The molecule has 0 aliphatic heterocycles. The highest BCUT2D eigenvalue weighted by Gasteiger charge is 2.00. The number of aromatic hydroxyl groups is 1. The van der Waals surface area contributed by atoms with E-state index in [0.717, 1.165) is 18.5 Å². The van der Waals surface area contributed by atoms with E-state index in [2.05, 4.69) is 5.32 Å². The SMILES string of the molecule is CNCCc1ccc(O)c(F)c1. The number of likely N-dealkylation sites (N-methyl/N-ethyl adjacent to an activating group) is 1. The molecule has 0 aliphatic carbocycles. The van der Waals surface area contributed by atoms with Gasteiger partial charge in [0.05, 0.1) is 0 Å². The number of phenols is 1. The second-order valence-electron chi connectivity index (χ2n) is 2.64. The first-order valence-corrected chi connectivity index (χ1v) is 3.86. The van der Waals surface area contributed by atoms with Crippen LogP contribution in [0.4, 0.5) is 4.39 Å². The van der Waals surface area contributed by atoms with E-state index in [4.69, 9.17) is 5.11 Å². The standard InChI is InChI=1S/C9H12FNO/c1-11-5-4-7-2-3-9(12)8(10)6-7/h2-3,6,11-12H,4-5H2,1H3. The van der Waals surface area contributed by atoms with Crippen LogP contribution in [0.1, 0.15) is 5.56 Å². The van der Waals surface area contributed by atoms with Gasteiger partial charge in [0, 0.05) is 0 Å². The van der Waals surface area contributed by atoms with Crippen molar-refractivity contribution in [3.8, 4) is 5.75 Å². The molecule has 0 saturated carbocycles. The molecule has 66 valence electrons. The van der Waals surface area contributed by atoms with Crippen LogP contribution in [0, 0.1) is 5.82 Å². The van der Waals surface area contributed by atoms with Crippen molar-refractivity contribution in [2.45, 2.75) is 6.42 Å². The third kappa shape index (κ3) is 2.20. The summed E-state index contributed by atoms with van der Waals surface area (Å²) in [4.78, 5) is 0. The normalized spacial score (nSPS) is 10.2. The first-order chi connectivity index (χ1) is 5.74. The molecular formula is C9H12FNO. The first kappa shape index (κ1) is 9.00. The minimum Gasteiger partial charge on any atom is -0.505 e. The lowest BCUT2D eigenvalue weighted by atomic mass is 10.1. The Morgan fingerprint density at radius 1 is 1.50 bits per heavy atom. The van der Waals surface area contributed by atoms with E-state index in [9.17, 15) is 4.39 Å². The van der Waals surface area contributed by atoms with Gasteiger partial charge in [0.15, 0.2) is 11.6 Å². The van der Waals surface area contributed by atoms with Crippen LogP contribution in [0.25, 0.3) is 0 Å². The Morgan fingerprint density at radius 2 is 2.25 bits per heavy atom. The van der Waals surface area contributed by atoms with Crippen molar-refractivity contribution in [1.82, 2.24) is 5.32 Å². The van der Waals surface area contributed by atoms with Crippen molar-refractivity contribution in [1.29, 1.82) is 0 Å². The number of halogens is 1. The van der Waals surface area contributed by atoms with Crippen molar-refractivity contribution in [3.63, 3.8) is 0 Å². The van der Waals surface area contributed by atoms with Crippen LogP contribution in [0.15, 0.2) is 18.2 Å². The fraction of sp³-hybridized carbons (Fsp3) is 0.333. The maximum absolute atomic E-state index is 12.7. The van der Waals surface area contributed by atoms with Crippen LogP contribution in [0.5, 0.6) is 5.75 Å². The Labute approximate surface area is 71.0 Å². The molecule has 1 aromatic rings. The number of hydrogen-bond donors (Lipinski definition) is 2. The van der Waals surface area contributed by atoms with Crippen molar-refractivity contribution in [2.24, 2.45) is 0 Å². The molecule has 0 amide bonds. The molecule has 12 heavy (non-hydrogen) atoms. The number of hydrogen-bond acceptors (Lipinski definition) is 2. The Hall–Kier alpha value is -1.09. The average Bonchev–Trinajstić information content (AvgIpc) is 2.07. The summed E-state index contributed by atoms with van der Waals surface area (Å²) in [5.74, 6) is -0.841. The van der Waals surface area contributed by atoms with Gasteiger partial charge in [-0.15, -0.1) is 0 Å². The van der Waals surface area contributed by atoms with E-state index in [-0.39, 0.29) is 5.75 Å². The summed E-state index contributed by atoms with van der Waals surface area (Å²) >= 11 is 0. The van der Waals surface area contributed by atoms with E-state index in [1.54, 1.807) is 6.07 Å². The maximum Gasteiger partial charge on any atom is 0.165 e. The van der Waals surface area contributed by atoms with E-state index >= 15 is 0 Å². The van der Waals surface area contributed by atoms with Gasteiger partial charge in [-0.25, -0.2) is 4.39 Å². The predicted molar refractivity (Wildman–Crippen MR) is 45.7 cm³/mol. The molecule has 2 N–H and O–H groups in total. The molecule has 0 aromatic heterocycles. The zero-order valence-electron chi connectivity index (χ0n) is 6.97. The minimum absolute atomic E-state index is 0.289. The molecule has 0 radical (unpaired) electrons. The Morgan fingerprint density at radius 3 is 2.83 bits per heavy atom. The van der Waals surface area contributed by atoms with Gasteiger partial charge in [0.1, 0.15) is 0 Å². The van der Waals surface area contributed by atoms with E-state index < -0.39 is 5.82 Å². The minimum atomic E-state index is -0.552. The van der Waals surface area contributed by atoms with Crippen molar-refractivity contribution < 1.29 is 9.50 Å². The Balaban J connectivity index is 2.69. The fourth-order valence-corrected chi connectivity index (χ4v) is 0.975. The molecule has 0 atom stereocenters. The van der Waals surface area contributed by atoms with Crippen molar-refractivity contribution in [2.75, 3.05) is 13.6 Å². The predicted octanol–water partition coefficient (Wildman–Crippen LogP) is 1.29.